The number of amides is 4. The van der Waals surface area contributed by atoms with Crippen LogP contribution in [0.3, 0.4) is 0 Å². The molecule has 0 bridgehead atoms. The molecule has 1 N–H and O–H groups in total. The lowest BCUT2D eigenvalue weighted by atomic mass is 10.1. The van der Waals surface area contributed by atoms with E-state index in [-0.39, 0.29) is 12.1 Å². The van der Waals surface area contributed by atoms with Crippen LogP contribution in [0.5, 0.6) is 5.75 Å². The number of carbonyl (C=O) groups excluding carboxylic acids is 3. The SMILES string of the molecule is CCn1cc(/C=C2/C(=O)NC(=O)N(Cc3ccc(OC)cc3)C2=O)c2ccccc21. The summed E-state index contributed by atoms with van der Waals surface area (Å²) in [4.78, 5) is 38.8. The molecule has 1 saturated heterocycles. The summed E-state index contributed by atoms with van der Waals surface area (Å²) >= 11 is 0. The van der Waals surface area contributed by atoms with Gasteiger partial charge in [0.15, 0.2) is 0 Å². The van der Waals surface area contributed by atoms with Gasteiger partial charge in [-0.15, -0.1) is 0 Å². The normalized spacial score (nSPS) is 15.7. The molecular formula is C23H21N3O4. The molecule has 0 spiro atoms. The highest BCUT2D eigenvalue weighted by atomic mass is 16.5. The van der Waals surface area contributed by atoms with Gasteiger partial charge in [0.25, 0.3) is 11.8 Å². The van der Waals surface area contributed by atoms with E-state index < -0.39 is 17.8 Å². The van der Waals surface area contributed by atoms with Crippen LogP contribution in [0.4, 0.5) is 4.79 Å². The molecule has 0 unspecified atom stereocenters. The Morgan fingerprint density at radius 1 is 1.03 bits per heavy atom. The summed E-state index contributed by atoms with van der Waals surface area (Å²) in [5, 5.41) is 3.21. The molecule has 2 aromatic carbocycles. The monoisotopic (exact) mass is 403 g/mol. The van der Waals surface area contributed by atoms with Gasteiger partial charge in [-0.2, -0.15) is 0 Å². The van der Waals surface area contributed by atoms with E-state index in [0.29, 0.717) is 5.75 Å². The standard InChI is InChI=1S/C23H21N3O4/c1-3-25-14-16(18-6-4-5-7-20(18)25)12-19-21(27)24-23(29)26(22(19)28)13-15-8-10-17(30-2)11-9-15/h4-12,14H,3,13H2,1-2H3,(H,24,27,29)/b19-12-. The quantitative estimate of drug-likeness (QED) is 0.523. The van der Waals surface area contributed by atoms with E-state index in [1.807, 2.05) is 42.0 Å². The third-order valence-electron chi connectivity index (χ3n) is 5.15. The van der Waals surface area contributed by atoms with Crippen molar-refractivity contribution in [2.24, 2.45) is 0 Å². The van der Waals surface area contributed by atoms with Crippen molar-refractivity contribution in [2.75, 3.05) is 7.11 Å². The largest absolute Gasteiger partial charge is 0.497 e. The van der Waals surface area contributed by atoms with Crippen LogP contribution in [-0.2, 0) is 22.7 Å². The lowest BCUT2D eigenvalue weighted by molar-refractivity contribution is -0.130. The first-order chi connectivity index (χ1) is 14.5. The highest BCUT2D eigenvalue weighted by Gasteiger charge is 2.35. The number of para-hydroxylation sites is 1. The molecule has 7 heteroatoms. The van der Waals surface area contributed by atoms with E-state index in [2.05, 4.69) is 5.32 Å². The van der Waals surface area contributed by atoms with E-state index in [1.54, 1.807) is 37.5 Å². The van der Waals surface area contributed by atoms with Crippen molar-refractivity contribution < 1.29 is 19.1 Å². The number of rotatable bonds is 5. The fourth-order valence-electron chi connectivity index (χ4n) is 3.56. The predicted molar refractivity (Wildman–Crippen MR) is 113 cm³/mol. The minimum Gasteiger partial charge on any atom is -0.497 e. The summed E-state index contributed by atoms with van der Waals surface area (Å²) in [6, 6.07) is 14.1. The van der Waals surface area contributed by atoms with E-state index in [9.17, 15) is 14.4 Å². The first-order valence-corrected chi connectivity index (χ1v) is 9.61. The Hall–Kier alpha value is -3.87. The molecule has 152 valence electrons. The summed E-state index contributed by atoms with van der Waals surface area (Å²) in [6.45, 7) is 2.83. The Morgan fingerprint density at radius 2 is 1.77 bits per heavy atom. The van der Waals surface area contributed by atoms with Crippen molar-refractivity contribution in [3.05, 3.63) is 71.4 Å². The zero-order valence-electron chi connectivity index (χ0n) is 16.7. The first-order valence-electron chi connectivity index (χ1n) is 9.61. The zero-order valence-corrected chi connectivity index (χ0v) is 16.7. The summed E-state index contributed by atoms with van der Waals surface area (Å²) < 4.78 is 7.18. The minimum atomic E-state index is -0.728. The van der Waals surface area contributed by atoms with Crippen LogP contribution >= 0.6 is 0 Å². The van der Waals surface area contributed by atoms with Gasteiger partial charge < -0.3 is 9.30 Å². The van der Waals surface area contributed by atoms with Gasteiger partial charge in [0, 0.05) is 29.2 Å². The van der Waals surface area contributed by atoms with Crippen molar-refractivity contribution in [2.45, 2.75) is 20.0 Å². The number of nitrogens with one attached hydrogen (secondary N) is 1. The molecular weight excluding hydrogens is 382 g/mol. The summed E-state index contributed by atoms with van der Waals surface area (Å²) in [5.41, 5.74) is 2.45. The van der Waals surface area contributed by atoms with Crippen molar-refractivity contribution in [3.8, 4) is 5.75 Å². The second-order valence-corrected chi connectivity index (χ2v) is 6.94. The molecule has 1 fully saturated rings. The summed E-state index contributed by atoms with van der Waals surface area (Å²) in [7, 11) is 1.56. The number of methoxy groups -OCH3 is 1. The Kier molecular flexibility index (Phi) is 5.10. The van der Waals surface area contributed by atoms with E-state index in [1.165, 1.54) is 0 Å². The summed E-state index contributed by atoms with van der Waals surface area (Å²) in [6.07, 6.45) is 3.46. The van der Waals surface area contributed by atoms with Crippen molar-refractivity contribution >= 4 is 34.8 Å². The topological polar surface area (TPSA) is 80.6 Å². The van der Waals surface area contributed by atoms with E-state index in [4.69, 9.17) is 4.74 Å². The lowest BCUT2D eigenvalue weighted by Crippen LogP contribution is -2.53. The Balaban J connectivity index is 1.69. The van der Waals surface area contributed by atoms with E-state index in [0.717, 1.165) is 33.5 Å². The number of imide groups is 2. The molecule has 4 rings (SSSR count). The number of aromatic nitrogens is 1. The number of urea groups is 1. The average Bonchev–Trinajstić information content (AvgIpc) is 3.12. The van der Waals surface area contributed by atoms with Crippen molar-refractivity contribution in [1.82, 2.24) is 14.8 Å². The Bertz CT molecular complexity index is 1170. The van der Waals surface area contributed by atoms with Crippen molar-refractivity contribution in [3.63, 3.8) is 0 Å². The molecule has 3 aromatic rings. The zero-order chi connectivity index (χ0) is 21.3. The van der Waals surface area contributed by atoms with Crippen molar-refractivity contribution in [1.29, 1.82) is 0 Å². The highest BCUT2D eigenvalue weighted by molar-refractivity contribution is 6.31. The van der Waals surface area contributed by atoms with Gasteiger partial charge >= 0.3 is 6.03 Å². The van der Waals surface area contributed by atoms with Crippen LogP contribution < -0.4 is 10.1 Å². The van der Waals surface area contributed by atoms with Crippen LogP contribution in [0.25, 0.3) is 17.0 Å². The molecule has 0 saturated carbocycles. The van der Waals surface area contributed by atoms with Gasteiger partial charge in [0.1, 0.15) is 11.3 Å². The van der Waals surface area contributed by atoms with Gasteiger partial charge in [-0.3, -0.25) is 19.8 Å². The molecule has 7 nitrogen and oxygen atoms in total. The Morgan fingerprint density at radius 3 is 2.47 bits per heavy atom. The van der Waals surface area contributed by atoms with Crippen LogP contribution in [0.1, 0.15) is 18.1 Å². The highest BCUT2D eigenvalue weighted by Crippen LogP contribution is 2.25. The van der Waals surface area contributed by atoms with Gasteiger partial charge in [0.05, 0.1) is 13.7 Å². The molecule has 0 radical (unpaired) electrons. The molecule has 4 amide bonds. The third-order valence-corrected chi connectivity index (χ3v) is 5.15. The van der Waals surface area contributed by atoms with E-state index >= 15 is 0 Å². The fourth-order valence-corrected chi connectivity index (χ4v) is 3.56. The van der Waals surface area contributed by atoms with Gasteiger partial charge in [-0.25, -0.2) is 4.79 Å². The van der Waals surface area contributed by atoms with Crippen LogP contribution in [0.15, 0.2) is 60.3 Å². The van der Waals surface area contributed by atoms with Crippen LogP contribution in [0, 0.1) is 0 Å². The van der Waals surface area contributed by atoms with Gasteiger partial charge in [0.2, 0.25) is 0 Å². The van der Waals surface area contributed by atoms with Gasteiger partial charge in [-0.05, 0) is 36.8 Å². The number of fused-ring (bicyclic) bond motifs is 1. The number of barbiturate groups is 1. The van der Waals surface area contributed by atoms with Gasteiger partial charge in [-0.1, -0.05) is 30.3 Å². The number of benzene rings is 2. The molecule has 30 heavy (non-hydrogen) atoms. The second kappa shape index (κ2) is 7.87. The molecule has 0 atom stereocenters. The first kappa shape index (κ1) is 19.4. The second-order valence-electron chi connectivity index (χ2n) is 6.94. The van der Waals surface area contributed by atoms with Crippen LogP contribution in [0.2, 0.25) is 0 Å². The summed E-state index contributed by atoms with van der Waals surface area (Å²) in [5.74, 6) is -0.631. The number of hydrogen-bond donors (Lipinski definition) is 1. The average molecular weight is 403 g/mol. The molecule has 0 aliphatic carbocycles. The molecule has 1 aliphatic heterocycles. The number of aryl methyl sites for hydroxylation is 1. The number of ether oxygens (including phenoxy) is 1. The minimum absolute atomic E-state index is 0.0516. The molecule has 1 aliphatic rings. The number of carbonyl (C=O) groups is 3. The fraction of sp³-hybridized carbons (Fsp3) is 0.174. The maximum absolute atomic E-state index is 13.0. The number of nitrogens with zero attached hydrogens (tertiary/aromatic N) is 2. The molecule has 1 aromatic heterocycles. The number of hydrogen-bond acceptors (Lipinski definition) is 4. The smallest absolute Gasteiger partial charge is 0.331 e. The molecule has 2 heterocycles. The lowest BCUT2D eigenvalue weighted by Gasteiger charge is -2.26. The third kappa shape index (κ3) is 3.45. The maximum atomic E-state index is 13.0. The predicted octanol–water partition coefficient (Wildman–Crippen LogP) is 3.33. The maximum Gasteiger partial charge on any atom is 0.331 e. The van der Waals surface area contributed by atoms with Crippen LogP contribution in [-0.4, -0.2) is 34.4 Å². The Labute approximate surface area is 173 Å².